The number of alkyl halides is 1. The van der Waals surface area contributed by atoms with Crippen molar-refractivity contribution in [2.24, 2.45) is 5.92 Å². The minimum Gasteiger partial charge on any atom is -0.493 e. The number of hydrogen-bond donors (Lipinski definition) is 0. The third-order valence-corrected chi connectivity index (χ3v) is 8.09. The smallest absolute Gasteiger partial charge is 0.303 e. The highest BCUT2D eigenvalue weighted by Gasteiger charge is 2.27. The van der Waals surface area contributed by atoms with Crippen LogP contribution in [0.15, 0.2) is 36.4 Å². The fourth-order valence-electron chi connectivity index (χ4n) is 3.79. The topological polar surface area (TPSA) is 99.2 Å². The molecule has 12 heteroatoms. The molecule has 0 aliphatic heterocycles. The molecule has 2 aromatic carbocycles. The average Bonchev–Trinajstić information content (AvgIpc) is 2.83. The quantitative estimate of drug-likeness (QED) is 0.209. The number of benzene rings is 2. The van der Waals surface area contributed by atoms with Crippen molar-refractivity contribution in [1.82, 2.24) is 4.31 Å². The van der Waals surface area contributed by atoms with Gasteiger partial charge < -0.3 is 14.2 Å². The molecule has 0 bridgehead atoms. The second-order valence-electron chi connectivity index (χ2n) is 9.84. The van der Waals surface area contributed by atoms with Gasteiger partial charge in [0.25, 0.3) is 0 Å². The van der Waals surface area contributed by atoms with E-state index in [-0.39, 0.29) is 37.3 Å². The molecular formula is C27H34Cl3NO7S. The van der Waals surface area contributed by atoms with E-state index in [0.717, 1.165) is 21.7 Å². The number of nitrogens with zero attached hydrogens (tertiary/aromatic N) is 1. The van der Waals surface area contributed by atoms with Gasteiger partial charge in [0.2, 0.25) is 15.9 Å². The first kappa shape index (κ1) is 33.0. The van der Waals surface area contributed by atoms with Gasteiger partial charge in [-0.3, -0.25) is 9.59 Å². The SMILES string of the molecule is CC(=O)OC(CCl)COc1c(Cl)cc(C(C)(C)c2ccc(OCC(C)CN(C(C)=O)S(C)(=O)=O)cc2)cc1Cl. The molecule has 0 spiro atoms. The van der Waals surface area contributed by atoms with E-state index in [0.29, 0.717) is 15.8 Å². The Balaban J connectivity index is 2.10. The van der Waals surface area contributed by atoms with Crippen LogP contribution in [0.4, 0.5) is 0 Å². The van der Waals surface area contributed by atoms with Crippen molar-refractivity contribution < 1.29 is 32.2 Å². The Morgan fingerprint density at radius 2 is 1.54 bits per heavy atom. The maximum absolute atomic E-state index is 11.8. The highest BCUT2D eigenvalue weighted by atomic mass is 35.5. The summed E-state index contributed by atoms with van der Waals surface area (Å²) in [5.41, 5.74) is 1.35. The first-order valence-corrected chi connectivity index (χ1v) is 15.3. The number of sulfonamides is 1. The van der Waals surface area contributed by atoms with Crippen molar-refractivity contribution >= 4 is 56.7 Å². The van der Waals surface area contributed by atoms with Gasteiger partial charge in [-0.25, -0.2) is 12.7 Å². The van der Waals surface area contributed by atoms with Crippen molar-refractivity contribution in [3.05, 3.63) is 57.6 Å². The lowest BCUT2D eigenvalue weighted by Crippen LogP contribution is -2.38. The Morgan fingerprint density at radius 3 is 2.00 bits per heavy atom. The van der Waals surface area contributed by atoms with Crippen molar-refractivity contribution in [1.29, 1.82) is 0 Å². The summed E-state index contributed by atoms with van der Waals surface area (Å²) in [7, 11) is -3.63. The second-order valence-corrected chi connectivity index (χ2v) is 12.9. The molecule has 0 aliphatic rings. The molecule has 0 heterocycles. The van der Waals surface area contributed by atoms with Gasteiger partial charge in [-0.1, -0.05) is 56.1 Å². The Labute approximate surface area is 245 Å². The van der Waals surface area contributed by atoms with Gasteiger partial charge in [-0.05, 0) is 35.4 Å². The average molecular weight is 623 g/mol. The van der Waals surface area contributed by atoms with Gasteiger partial charge in [-0.2, -0.15) is 0 Å². The maximum Gasteiger partial charge on any atom is 0.303 e. The lowest BCUT2D eigenvalue weighted by Gasteiger charge is -2.28. The van der Waals surface area contributed by atoms with E-state index in [2.05, 4.69) is 0 Å². The molecule has 2 rings (SSSR count). The predicted octanol–water partition coefficient (Wildman–Crippen LogP) is 5.69. The molecule has 0 N–H and O–H groups in total. The molecule has 0 radical (unpaired) electrons. The molecule has 0 saturated carbocycles. The number of hydrogen-bond acceptors (Lipinski definition) is 7. The molecule has 39 heavy (non-hydrogen) atoms. The van der Waals surface area contributed by atoms with Crippen LogP contribution in [0.25, 0.3) is 0 Å². The summed E-state index contributed by atoms with van der Waals surface area (Å²) in [6.45, 7) is 8.66. The summed E-state index contributed by atoms with van der Waals surface area (Å²) in [6.07, 6.45) is 0.371. The number of carbonyl (C=O) groups excluding carboxylic acids is 2. The van der Waals surface area contributed by atoms with Crippen LogP contribution in [0.2, 0.25) is 10.0 Å². The minimum atomic E-state index is -3.63. The second kappa shape index (κ2) is 13.9. The lowest BCUT2D eigenvalue weighted by molar-refractivity contribution is -0.146. The van der Waals surface area contributed by atoms with E-state index in [1.54, 1.807) is 12.1 Å². The zero-order valence-electron chi connectivity index (χ0n) is 22.8. The largest absolute Gasteiger partial charge is 0.493 e. The van der Waals surface area contributed by atoms with Crippen LogP contribution in [0.5, 0.6) is 11.5 Å². The first-order valence-electron chi connectivity index (χ1n) is 12.1. The molecule has 2 unspecified atom stereocenters. The number of halogens is 3. The molecule has 0 fully saturated rings. The molecule has 0 aliphatic carbocycles. The van der Waals surface area contributed by atoms with Crippen molar-refractivity contribution in [2.75, 3.05) is 31.9 Å². The molecule has 1 amide bonds. The summed E-state index contributed by atoms with van der Waals surface area (Å²) >= 11 is 18.9. The zero-order valence-corrected chi connectivity index (χ0v) is 25.9. The molecule has 8 nitrogen and oxygen atoms in total. The standard InChI is InChI=1S/C27H34Cl3NO7S/c1-17(14-31(18(2)32)39(6,34)35)15-36-22-9-7-20(8-10-22)27(4,5)21-11-24(29)26(25(30)12-21)37-16-23(13-28)38-19(3)33/h7-12,17,23H,13-16H2,1-6H3. The van der Waals surface area contributed by atoms with Crippen LogP contribution in [-0.2, 0) is 29.8 Å². The molecule has 216 valence electrons. The van der Waals surface area contributed by atoms with E-state index < -0.39 is 33.4 Å². The summed E-state index contributed by atoms with van der Waals surface area (Å²) in [5, 5.41) is 0.619. The Kier molecular flexibility index (Phi) is 11.8. The number of rotatable bonds is 13. The summed E-state index contributed by atoms with van der Waals surface area (Å²) in [5.74, 6) is -0.253. The third-order valence-electron chi connectivity index (χ3n) is 5.98. The van der Waals surface area contributed by atoms with Crippen molar-refractivity contribution in [3.63, 3.8) is 0 Å². The van der Waals surface area contributed by atoms with Crippen LogP contribution in [0.1, 0.15) is 45.7 Å². The number of carbonyl (C=O) groups is 2. The summed E-state index contributed by atoms with van der Waals surface area (Å²) in [6, 6.07) is 11.1. The van der Waals surface area contributed by atoms with Gasteiger partial charge in [0.05, 0.1) is 28.8 Å². The van der Waals surface area contributed by atoms with Crippen LogP contribution >= 0.6 is 34.8 Å². The zero-order chi connectivity index (χ0) is 29.5. The summed E-state index contributed by atoms with van der Waals surface area (Å²) < 4.78 is 41.1. The van der Waals surface area contributed by atoms with E-state index in [1.165, 1.54) is 13.8 Å². The summed E-state index contributed by atoms with van der Waals surface area (Å²) in [4.78, 5) is 22.9. The van der Waals surface area contributed by atoms with Gasteiger partial charge >= 0.3 is 5.97 Å². The van der Waals surface area contributed by atoms with Gasteiger partial charge in [-0.15, -0.1) is 11.6 Å². The van der Waals surface area contributed by atoms with E-state index >= 15 is 0 Å². The molecule has 2 aromatic rings. The normalized spacial score (nSPS) is 13.4. The molecule has 0 aromatic heterocycles. The fourth-order valence-corrected chi connectivity index (χ4v) is 5.53. The van der Waals surface area contributed by atoms with E-state index in [1.807, 2.05) is 45.0 Å². The van der Waals surface area contributed by atoms with Crippen LogP contribution in [0, 0.1) is 5.92 Å². The number of ether oxygens (including phenoxy) is 3. The van der Waals surface area contributed by atoms with Crippen LogP contribution in [-0.4, -0.2) is 62.6 Å². The van der Waals surface area contributed by atoms with Crippen LogP contribution in [0.3, 0.4) is 0 Å². The van der Waals surface area contributed by atoms with Crippen molar-refractivity contribution in [2.45, 2.75) is 46.1 Å². The molecular weight excluding hydrogens is 589 g/mol. The van der Waals surface area contributed by atoms with Gasteiger partial charge in [0, 0.05) is 31.7 Å². The Bertz CT molecular complexity index is 1240. The maximum atomic E-state index is 11.8. The Hall–Kier alpha value is -2.20. The van der Waals surface area contributed by atoms with Crippen LogP contribution < -0.4 is 9.47 Å². The van der Waals surface area contributed by atoms with Gasteiger partial charge in [0.15, 0.2) is 5.75 Å². The number of esters is 1. The fraction of sp³-hybridized carbons (Fsp3) is 0.481. The molecule has 0 saturated heterocycles. The van der Waals surface area contributed by atoms with Gasteiger partial charge in [0.1, 0.15) is 18.5 Å². The van der Waals surface area contributed by atoms with E-state index in [4.69, 9.17) is 49.0 Å². The molecule has 2 atom stereocenters. The Morgan fingerprint density at radius 1 is 0.974 bits per heavy atom. The van der Waals surface area contributed by atoms with Crippen molar-refractivity contribution in [3.8, 4) is 11.5 Å². The predicted molar refractivity (Wildman–Crippen MR) is 154 cm³/mol. The highest BCUT2D eigenvalue weighted by Crippen LogP contribution is 2.40. The third kappa shape index (κ3) is 9.45. The van der Waals surface area contributed by atoms with E-state index in [9.17, 15) is 18.0 Å². The lowest BCUT2D eigenvalue weighted by atomic mass is 9.78. The monoisotopic (exact) mass is 621 g/mol. The first-order chi connectivity index (χ1) is 18.1. The highest BCUT2D eigenvalue weighted by molar-refractivity contribution is 7.88. The number of amides is 1. The minimum absolute atomic E-state index is 0.00633.